The Morgan fingerprint density at radius 2 is 2.21 bits per heavy atom. The summed E-state index contributed by atoms with van der Waals surface area (Å²) in [7, 11) is 0. The smallest absolute Gasteiger partial charge is 0.259 e. The number of halogens is 1. The standard InChI is InChI=1S/C17H24N4O2.ClH/c1-10(2)14-13-12(7-11(3)19-15(13)23-20-14)16(22)21-6-5-17(4,8-18)9-21;/h7,10H,5-6,8-9,18H2,1-4H3;1H. The van der Waals surface area contributed by atoms with Crippen LogP contribution >= 0.6 is 12.4 Å². The molecule has 0 spiro atoms. The topological polar surface area (TPSA) is 85.2 Å². The molecule has 1 amide bonds. The van der Waals surface area contributed by atoms with Crippen molar-refractivity contribution in [2.45, 2.75) is 40.0 Å². The van der Waals surface area contributed by atoms with E-state index in [1.807, 2.05) is 31.7 Å². The van der Waals surface area contributed by atoms with E-state index in [0.717, 1.165) is 29.7 Å². The Morgan fingerprint density at radius 3 is 2.79 bits per heavy atom. The van der Waals surface area contributed by atoms with Crippen molar-refractivity contribution in [2.75, 3.05) is 19.6 Å². The molecule has 0 aromatic carbocycles. The first-order valence-corrected chi connectivity index (χ1v) is 8.11. The second kappa shape index (κ2) is 6.69. The molecular weight excluding hydrogens is 328 g/mol. The lowest BCUT2D eigenvalue weighted by atomic mass is 9.90. The lowest BCUT2D eigenvalue weighted by molar-refractivity contribution is 0.0778. The first-order valence-electron chi connectivity index (χ1n) is 8.11. The van der Waals surface area contributed by atoms with Crippen LogP contribution in [0.15, 0.2) is 10.6 Å². The molecule has 2 aromatic heterocycles. The maximum Gasteiger partial charge on any atom is 0.259 e. The van der Waals surface area contributed by atoms with Crippen molar-refractivity contribution in [3.63, 3.8) is 0 Å². The lowest BCUT2D eigenvalue weighted by Crippen LogP contribution is -2.34. The average molecular weight is 353 g/mol. The second-order valence-corrected chi connectivity index (χ2v) is 7.21. The number of likely N-dealkylation sites (tertiary alicyclic amines) is 1. The predicted molar refractivity (Wildman–Crippen MR) is 95.6 cm³/mol. The largest absolute Gasteiger partial charge is 0.338 e. The molecule has 0 aliphatic carbocycles. The molecular formula is C17H25ClN4O2. The van der Waals surface area contributed by atoms with Gasteiger partial charge in [0.15, 0.2) is 0 Å². The Balaban J connectivity index is 0.00000208. The molecule has 3 heterocycles. The van der Waals surface area contributed by atoms with Crippen molar-refractivity contribution in [3.8, 4) is 0 Å². The van der Waals surface area contributed by atoms with Crippen LogP contribution < -0.4 is 5.73 Å². The van der Waals surface area contributed by atoms with Crippen molar-refractivity contribution in [1.29, 1.82) is 0 Å². The molecule has 1 fully saturated rings. The van der Waals surface area contributed by atoms with Crippen LogP contribution in [0.3, 0.4) is 0 Å². The first kappa shape index (κ1) is 18.7. The van der Waals surface area contributed by atoms with Crippen LogP contribution in [-0.2, 0) is 0 Å². The summed E-state index contributed by atoms with van der Waals surface area (Å²) >= 11 is 0. The molecule has 2 aromatic rings. The summed E-state index contributed by atoms with van der Waals surface area (Å²) in [4.78, 5) is 19.3. The number of pyridine rings is 1. The molecule has 0 saturated carbocycles. The average Bonchev–Trinajstić information content (AvgIpc) is 3.10. The number of hydrogen-bond donors (Lipinski definition) is 1. The van der Waals surface area contributed by atoms with Gasteiger partial charge in [-0.2, -0.15) is 0 Å². The highest BCUT2D eigenvalue weighted by Gasteiger charge is 2.36. The fraction of sp³-hybridized carbons (Fsp3) is 0.588. The Bertz CT molecular complexity index is 758. The van der Waals surface area contributed by atoms with Gasteiger partial charge in [0.2, 0.25) is 0 Å². The molecule has 132 valence electrons. The normalized spacial score (nSPS) is 20.7. The van der Waals surface area contributed by atoms with E-state index >= 15 is 0 Å². The van der Waals surface area contributed by atoms with Gasteiger partial charge in [-0.05, 0) is 37.3 Å². The fourth-order valence-corrected chi connectivity index (χ4v) is 3.19. The van der Waals surface area contributed by atoms with Crippen molar-refractivity contribution in [2.24, 2.45) is 11.1 Å². The number of rotatable bonds is 3. The van der Waals surface area contributed by atoms with Crippen LogP contribution in [0.1, 0.15) is 54.9 Å². The summed E-state index contributed by atoms with van der Waals surface area (Å²) in [6, 6.07) is 1.84. The summed E-state index contributed by atoms with van der Waals surface area (Å²) in [5, 5.41) is 4.87. The number of nitrogens with zero attached hydrogens (tertiary/aromatic N) is 3. The summed E-state index contributed by atoms with van der Waals surface area (Å²) < 4.78 is 5.35. The van der Waals surface area contributed by atoms with Crippen LogP contribution in [-0.4, -0.2) is 40.6 Å². The number of aromatic nitrogens is 2. The number of fused-ring (bicyclic) bond motifs is 1. The van der Waals surface area contributed by atoms with Gasteiger partial charge in [-0.15, -0.1) is 12.4 Å². The van der Waals surface area contributed by atoms with Gasteiger partial charge in [0.25, 0.3) is 11.6 Å². The molecule has 0 radical (unpaired) electrons. The molecule has 1 aliphatic heterocycles. The minimum Gasteiger partial charge on any atom is -0.338 e. The van der Waals surface area contributed by atoms with Gasteiger partial charge < -0.3 is 15.2 Å². The predicted octanol–water partition coefficient (Wildman–Crippen LogP) is 2.89. The summed E-state index contributed by atoms with van der Waals surface area (Å²) in [5.41, 5.74) is 8.49. The summed E-state index contributed by atoms with van der Waals surface area (Å²) in [5.74, 6) is 0.183. The highest BCUT2D eigenvalue weighted by Crippen LogP contribution is 2.32. The van der Waals surface area contributed by atoms with Crippen molar-refractivity contribution >= 4 is 29.4 Å². The van der Waals surface area contributed by atoms with Crippen molar-refractivity contribution in [3.05, 3.63) is 23.0 Å². The van der Waals surface area contributed by atoms with Gasteiger partial charge in [0.1, 0.15) is 0 Å². The van der Waals surface area contributed by atoms with E-state index in [1.54, 1.807) is 0 Å². The van der Waals surface area contributed by atoms with Crippen LogP contribution in [0.25, 0.3) is 11.1 Å². The number of carbonyl (C=O) groups excluding carboxylic acids is 1. The zero-order valence-corrected chi connectivity index (χ0v) is 15.4. The quantitative estimate of drug-likeness (QED) is 0.917. The maximum absolute atomic E-state index is 13.1. The van der Waals surface area contributed by atoms with Crippen LogP contribution in [0.4, 0.5) is 0 Å². The molecule has 6 nitrogen and oxygen atoms in total. The molecule has 1 atom stereocenters. The molecule has 7 heteroatoms. The fourth-order valence-electron chi connectivity index (χ4n) is 3.19. The third-order valence-corrected chi connectivity index (χ3v) is 4.72. The third-order valence-electron chi connectivity index (χ3n) is 4.72. The second-order valence-electron chi connectivity index (χ2n) is 7.21. The molecule has 1 aliphatic rings. The maximum atomic E-state index is 13.1. The molecule has 1 saturated heterocycles. The van der Waals surface area contributed by atoms with Crippen molar-refractivity contribution < 1.29 is 9.32 Å². The lowest BCUT2D eigenvalue weighted by Gasteiger charge is -2.23. The van der Waals surface area contributed by atoms with E-state index < -0.39 is 0 Å². The van der Waals surface area contributed by atoms with Crippen molar-refractivity contribution in [1.82, 2.24) is 15.0 Å². The summed E-state index contributed by atoms with van der Waals surface area (Å²) in [6.45, 7) is 10.1. The number of nitrogens with two attached hydrogens (primary N) is 1. The van der Waals surface area contributed by atoms with Gasteiger partial charge in [-0.1, -0.05) is 25.9 Å². The summed E-state index contributed by atoms with van der Waals surface area (Å²) in [6.07, 6.45) is 0.934. The highest BCUT2D eigenvalue weighted by atomic mass is 35.5. The molecule has 3 rings (SSSR count). The molecule has 2 N–H and O–H groups in total. The van der Waals surface area contributed by atoms with Crippen LogP contribution in [0.5, 0.6) is 0 Å². The van der Waals surface area contributed by atoms with E-state index in [2.05, 4.69) is 17.1 Å². The Morgan fingerprint density at radius 1 is 1.50 bits per heavy atom. The minimum atomic E-state index is 0. The monoisotopic (exact) mass is 352 g/mol. The Hall–Kier alpha value is -1.66. The highest BCUT2D eigenvalue weighted by molar-refractivity contribution is 6.06. The Kier molecular flexibility index (Phi) is 5.20. The van der Waals surface area contributed by atoms with Gasteiger partial charge in [0, 0.05) is 18.8 Å². The number of amides is 1. The Labute approximate surface area is 148 Å². The third kappa shape index (κ3) is 3.13. The van der Waals surface area contributed by atoms with E-state index in [4.69, 9.17) is 10.3 Å². The molecule has 24 heavy (non-hydrogen) atoms. The van der Waals surface area contributed by atoms with Gasteiger partial charge in [-0.25, -0.2) is 4.98 Å². The van der Waals surface area contributed by atoms with E-state index in [1.165, 1.54) is 0 Å². The zero-order valence-electron chi connectivity index (χ0n) is 14.6. The van der Waals surface area contributed by atoms with Gasteiger partial charge in [0.05, 0.1) is 16.6 Å². The number of carbonyl (C=O) groups is 1. The SMILES string of the molecule is Cc1cc(C(=O)N2CCC(C)(CN)C2)c2c(C(C)C)noc2n1.Cl. The number of aryl methyl sites for hydroxylation is 1. The van der Waals surface area contributed by atoms with Gasteiger partial charge >= 0.3 is 0 Å². The van der Waals surface area contributed by atoms with E-state index in [9.17, 15) is 4.79 Å². The van der Waals surface area contributed by atoms with Crippen LogP contribution in [0, 0.1) is 12.3 Å². The molecule has 1 unspecified atom stereocenters. The van der Waals surface area contributed by atoms with Crippen LogP contribution in [0.2, 0.25) is 0 Å². The van der Waals surface area contributed by atoms with E-state index in [-0.39, 0.29) is 29.6 Å². The molecule has 0 bridgehead atoms. The first-order chi connectivity index (χ1) is 10.8. The number of hydrogen-bond acceptors (Lipinski definition) is 5. The zero-order chi connectivity index (χ0) is 16.8. The van der Waals surface area contributed by atoms with Gasteiger partial charge in [-0.3, -0.25) is 4.79 Å². The van der Waals surface area contributed by atoms with E-state index in [0.29, 0.717) is 24.4 Å². The minimum absolute atomic E-state index is 0.